The number of ether oxygens (including phenoxy) is 2. The van der Waals surface area contributed by atoms with Crippen LogP contribution >= 0.6 is 11.3 Å². The summed E-state index contributed by atoms with van der Waals surface area (Å²) in [6.45, 7) is 0.689. The van der Waals surface area contributed by atoms with E-state index < -0.39 is 17.4 Å². The molecule has 2 aromatic carbocycles. The van der Waals surface area contributed by atoms with Crippen LogP contribution in [0.25, 0.3) is 10.2 Å². The van der Waals surface area contributed by atoms with Crippen LogP contribution in [0.1, 0.15) is 39.1 Å². The van der Waals surface area contributed by atoms with Gasteiger partial charge in [0.15, 0.2) is 0 Å². The van der Waals surface area contributed by atoms with Gasteiger partial charge in [-0.1, -0.05) is 24.3 Å². The zero-order valence-corrected chi connectivity index (χ0v) is 22.0. The van der Waals surface area contributed by atoms with Gasteiger partial charge in [0.25, 0.3) is 11.5 Å². The fraction of sp³-hybridized carbons (Fsp3) is 0.167. The third-order valence-corrected chi connectivity index (χ3v) is 5.97. The van der Waals surface area contributed by atoms with E-state index in [0.717, 1.165) is 11.1 Å². The van der Waals surface area contributed by atoms with Crippen LogP contribution in [0.2, 0.25) is 0 Å². The van der Waals surface area contributed by atoms with Gasteiger partial charge in [-0.3, -0.25) is 9.59 Å². The number of fused-ring (bicyclic) bond motifs is 1. The zero-order chi connectivity index (χ0) is 24.1. The molecule has 4 aromatic rings. The second kappa shape index (κ2) is 12.1. The number of carbonyl (C=O) groups excluding carboxylic acids is 1. The van der Waals surface area contributed by atoms with Gasteiger partial charge in [-0.2, -0.15) is 0 Å². The number of aromatic nitrogens is 2. The van der Waals surface area contributed by atoms with Crippen LogP contribution in [-0.2, 0) is 24.5 Å². The number of thiophene rings is 1. The average molecular weight is 504 g/mol. The molecule has 2 heterocycles. The smallest absolute Gasteiger partial charge is 1.00 e. The molecule has 176 valence electrons. The number of nitrogens with one attached hydrogen (secondary N) is 2. The molecule has 0 unspecified atom stereocenters. The molecule has 0 radical (unpaired) electrons. The molecule has 0 saturated carbocycles. The second-order valence-electron chi connectivity index (χ2n) is 7.38. The molecule has 0 atom stereocenters. The number of carboxylic acid groups (broad SMARTS) is 1. The van der Waals surface area contributed by atoms with Crippen molar-refractivity contribution in [1.82, 2.24) is 15.3 Å². The Balaban J connectivity index is 0.00000228. The summed E-state index contributed by atoms with van der Waals surface area (Å²) in [4.78, 5) is 43.5. The molecule has 2 aromatic heterocycles. The number of methoxy groups -OCH3 is 1. The van der Waals surface area contributed by atoms with Crippen molar-refractivity contribution >= 4 is 33.4 Å². The Morgan fingerprint density at radius 3 is 2.63 bits per heavy atom. The molecule has 0 fully saturated rings. The first kappa shape index (κ1) is 26.6. The third kappa shape index (κ3) is 6.56. The van der Waals surface area contributed by atoms with E-state index in [9.17, 15) is 14.4 Å². The maximum Gasteiger partial charge on any atom is 1.00 e. The number of benzene rings is 2. The standard InChI is InChI=1S/C24H21N3O6S.Na.H/c1-32-18-4-2-3-15(9-18)10-25-22(29)20-26-21(28)19-17(13-34-23(19)27-20)12-33-11-14-5-7-16(8-6-14)24(30)31;;/h2-9,13H,10-12H2,1H3,(H,25,29)(H,30,31)(H,26,27,28);;/q;+1;-1. The average Bonchev–Trinajstić information content (AvgIpc) is 3.26. The minimum atomic E-state index is -0.989. The number of rotatable bonds is 9. The SMILES string of the molecule is COc1cccc(CNC(=O)c2nc3scc(COCc4ccc(C(=O)O)cc4)c3c(=O)[nH]2)c1.[H-].[Na+]. The van der Waals surface area contributed by atoms with Crippen LogP contribution in [-0.4, -0.2) is 34.1 Å². The van der Waals surface area contributed by atoms with Gasteiger partial charge < -0.3 is 26.3 Å². The van der Waals surface area contributed by atoms with Crippen molar-refractivity contribution in [3.8, 4) is 5.75 Å². The van der Waals surface area contributed by atoms with Crippen LogP contribution in [0.4, 0.5) is 0 Å². The van der Waals surface area contributed by atoms with E-state index in [4.69, 9.17) is 14.6 Å². The summed E-state index contributed by atoms with van der Waals surface area (Å²) in [7, 11) is 1.57. The summed E-state index contributed by atoms with van der Waals surface area (Å²) in [5.74, 6) is -0.853. The van der Waals surface area contributed by atoms with Crippen molar-refractivity contribution in [2.24, 2.45) is 0 Å². The van der Waals surface area contributed by atoms with Crippen LogP contribution in [0.3, 0.4) is 0 Å². The van der Waals surface area contributed by atoms with E-state index in [2.05, 4.69) is 15.3 Å². The Bertz CT molecular complexity index is 1410. The number of aromatic carboxylic acids is 1. The van der Waals surface area contributed by atoms with Crippen LogP contribution in [0.5, 0.6) is 5.75 Å². The molecule has 11 heteroatoms. The molecule has 0 aliphatic rings. The third-order valence-electron chi connectivity index (χ3n) is 5.05. The molecule has 0 aliphatic carbocycles. The number of hydrogen-bond acceptors (Lipinski definition) is 7. The minimum Gasteiger partial charge on any atom is -1.00 e. The molecule has 0 bridgehead atoms. The summed E-state index contributed by atoms with van der Waals surface area (Å²) in [6.07, 6.45) is 0. The monoisotopic (exact) mass is 503 g/mol. The van der Waals surface area contributed by atoms with Gasteiger partial charge in [0.1, 0.15) is 10.6 Å². The largest absolute Gasteiger partial charge is 1.00 e. The zero-order valence-electron chi connectivity index (χ0n) is 20.2. The van der Waals surface area contributed by atoms with Gasteiger partial charge in [-0.25, -0.2) is 9.78 Å². The first-order chi connectivity index (χ1) is 16.4. The fourth-order valence-electron chi connectivity index (χ4n) is 3.29. The quantitative estimate of drug-likeness (QED) is 0.283. The van der Waals surface area contributed by atoms with Gasteiger partial charge in [0.05, 0.1) is 31.3 Å². The van der Waals surface area contributed by atoms with Gasteiger partial charge >= 0.3 is 35.5 Å². The van der Waals surface area contributed by atoms with Gasteiger partial charge in [0.2, 0.25) is 5.82 Å². The van der Waals surface area contributed by atoms with Crippen molar-refractivity contribution in [3.63, 3.8) is 0 Å². The van der Waals surface area contributed by atoms with Crippen molar-refractivity contribution in [2.75, 3.05) is 7.11 Å². The topological polar surface area (TPSA) is 131 Å². The summed E-state index contributed by atoms with van der Waals surface area (Å²) in [6, 6.07) is 13.7. The van der Waals surface area contributed by atoms with E-state index in [1.54, 1.807) is 24.6 Å². The summed E-state index contributed by atoms with van der Waals surface area (Å²) in [5, 5.41) is 13.9. The van der Waals surface area contributed by atoms with Crippen molar-refractivity contribution in [2.45, 2.75) is 19.8 Å². The van der Waals surface area contributed by atoms with E-state index in [1.807, 2.05) is 24.3 Å². The minimum absolute atomic E-state index is 0. The Morgan fingerprint density at radius 1 is 1.14 bits per heavy atom. The van der Waals surface area contributed by atoms with E-state index in [1.165, 1.54) is 23.5 Å². The summed E-state index contributed by atoms with van der Waals surface area (Å²) in [5.41, 5.74) is 2.12. The number of hydrogen-bond donors (Lipinski definition) is 3. The van der Waals surface area contributed by atoms with Crippen LogP contribution in [0.15, 0.2) is 58.7 Å². The predicted molar refractivity (Wildman–Crippen MR) is 127 cm³/mol. The number of amides is 1. The van der Waals surface area contributed by atoms with Crippen LogP contribution in [0, 0.1) is 0 Å². The molecule has 0 spiro atoms. The fourth-order valence-corrected chi connectivity index (χ4v) is 4.22. The number of H-pyrrole nitrogens is 1. The maximum atomic E-state index is 12.7. The molecule has 9 nitrogen and oxygen atoms in total. The van der Waals surface area contributed by atoms with Crippen molar-refractivity contribution in [1.29, 1.82) is 0 Å². The van der Waals surface area contributed by atoms with Crippen molar-refractivity contribution in [3.05, 3.63) is 92.3 Å². The van der Waals surface area contributed by atoms with Gasteiger partial charge in [-0.15, -0.1) is 11.3 Å². The maximum absolute atomic E-state index is 12.7. The molecule has 0 aliphatic heterocycles. The molecular formula is C24H22N3NaO6S. The second-order valence-corrected chi connectivity index (χ2v) is 8.24. The first-order valence-corrected chi connectivity index (χ1v) is 11.1. The van der Waals surface area contributed by atoms with E-state index >= 15 is 0 Å². The first-order valence-electron chi connectivity index (χ1n) is 10.3. The van der Waals surface area contributed by atoms with E-state index in [0.29, 0.717) is 21.5 Å². The summed E-state index contributed by atoms with van der Waals surface area (Å²) < 4.78 is 10.9. The number of nitrogens with zero attached hydrogens (tertiary/aromatic N) is 1. The van der Waals surface area contributed by atoms with Gasteiger partial charge in [-0.05, 0) is 40.8 Å². The predicted octanol–water partition coefficient (Wildman–Crippen LogP) is 0.455. The molecule has 3 N–H and O–H groups in total. The number of carboxylic acids is 1. The van der Waals surface area contributed by atoms with E-state index in [-0.39, 0.29) is 62.1 Å². The van der Waals surface area contributed by atoms with Gasteiger partial charge in [0, 0.05) is 12.1 Å². The Kier molecular flexibility index (Phi) is 9.19. The summed E-state index contributed by atoms with van der Waals surface area (Å²) >= 11 is 1.26. The van der Waals surface area contributed by atoms with Crippen LogP contribution < -0.4 is 45.2 Å². The molecular weight excluding hydrogens is 481 g/mol. The molecule has 0 saturated heterocycles. The number of aromatic amines is 1. The normalized spacial score (nSPS) is 10.5. The van der Waals surface area contributed by atoms with Crippen molar-refractivity contribution < 1.29 is 55.2 Å². The molecule has 4 rings (SSSR count). The Morgan fingerprint density at radius 2 is 1.91 bits per heavy atom. The molecule has 1 amide bonds. The Labute approximate surface area is 227 Å². The Hall–Kier alpha value is -3.02. The molecule has 35 heavy (non-hydrogen) atoms. The number of carbonyl (C=O) groups is 2.